The maximum atomic E-state index is 9.65. The molecule has 0 aromatic heterocycles. The minimum absolute atomic E-state index is 0.351. The maximum absolute atomic E-state index is 9.65. The Hall–Kier alpha value is -0.160. The van der Waals surface area contributed by atoms with Crippen LogP contribution in [0.4, 0.5) is 0 Å². The van der Waals surface area contributed by atoms with Gasteiger partial charge in [-0.25, -0.2) is 0 Å². The summed E-state index contributed by atoms with van der Waals surface area (Å²) in [6.45, 7) is 6.59. The van der Waals surface area contributed by atoms with Crippen LogP contribution in [0.5, 0.6) is 0 Å². The molecule has 90 valence electrons. The zero-order chi connectivity index (χ0) is 11.3. The fraction of sp³-hybridized carbons (Fsp3) is 1.00. The van der Waals surface area contributed by atoms with Crippen molar-refractivity contribution in [2.75, 3.05) is 46.9 Å². The second kappa shape index (κ2) is 6.43. The van der Waals surface area contributed by atoms with Gasteiger partial charge in [0.1, 0.15) is 0 Å². The number of aliphatic hydroxyl groups excluding tert-OH is 1. The molecule has 4 nitrogen and oxygen atoms in total. The van der Waals surface area contributed by atoms with E-state index in [-0.39, 0.29) is 6.10 Å². The summed E-state index contributed by atoms with van der Waals surface area (Å²) in [4.78, 5) is 4.73. The largest absolute Gasteiger partial charge is 0.389 e. The minimum Gasteiger partial charge on any atom is -0.389 e. The molecular weight excluding hydrogens is 192 g/mol. The van der Waals surface area contributed by atoms with Gasteiger partial charge >= 0.3 is 0 Å². The summed E-state index contributed by atoms with van der Waals surface area (Å²) in [5.74, 6) is 0. The number of methoxy groups -OCH3 is 1. The van der Waals surface area contributed by atoms with Gasteiger partial charge in [0.05, 0.1) is 12.7 Å². The van der Waals surface area contributed by atoms with Crippen molar-refractivity contribution in [1.29, 1.82) is 0 Å². The van der Waals surface area contributed by atoms with Gasteiger partial charge in [-0.2, -0.15) is 0 Å². The number of ether oxygens (including phenoxy) is 1. The number of piperazine rings is 1. The molecule has 0 amide bonds. The zero-order valence-electron chi connectivity index (χ0n) is 10.1. The molecule has 1 aliphatic heterocycles. The van der Waals surface area contributed by atoms with Gasteiger partial charge in [-0.3, -0.25) is 4.90 Å². The Morgan fingerprint density at radius 3 is 2.80 bits per heavy atom. The van der Waals surface area contributed by atoms with Crippen molar-refractivity contribution in [3.63, 3.8) is 0 Å². The third-order valence-electron chi connectivity index (χ3n) is 3.16. The zero-order valence-corrected chi connectivity index (χ0v) is 10.1. The summed E-state index contributed by atoms with van der Waals surface area (Å²) in [6, 6.07) is 0.633. The van der Waals surface area contributed by atoms with Crippen molar-refractivity contribution in [2.24, 2.45) is 0 Å². The molecule has 1 saturated heterocycles. The van der Waals surface area contributed by atoms with Gasteiger partial charge in [-0.05, 0) is 13.5 Å². The fourth-order valence-corrected chi connectivity index (χ4v) is 2.16. The van der Waals surface area contributed by atoms with Crippen LogP contribution in [0.15, 0.2) is 0 Å². The highest BCUT2D eigenvalue weighted by atomic mass is 16.5. The van der Waals surface area contributed by atoms with Crippen molar-refractivity contribution < 1.29 is 9.84 Å². The Balaban J connectivity index is 2.31. The molecule has 1 fully saturated rings. The number of aliphatic hydroxyl groups is 1. The number of hydrogen-bond acceptors (Lipinski definition) is 4. The topological polar surface area (TPSA) is 35.9 Å². The van der Waals surface area contributed by atoms with Crippen LogP contribution in [-0.2, 0) is 4.74 Å². The van der Waals surface area contributed by atoms with Gasteiger partial charge < -0.3 is 14.7 Å². The van der Waals surface area contributed by atoms with Gasteiger partial charge in [-0.1, -0.05) is 6.92 Å². The minimum atomic E-state index is -0.351. The highest BCUT2D eigenvalue weighted by molar-refractivity contribution is 4.80. The van der Waals surface area contributed by atoms with E-state index in [1.54, 1.807) is 7.11 Å². The van der Waals surface area contributed by atoms with Crippen LogP contribution in [0.3, 0.4) is 0 Å². The van der Waals surface area contributed by atoms with Crippen LogP contribution in [0.1, 0.15) is 13.3 Å². The predicted octanol–water partition coefficient (Wildman–Crippen LogP) is 0.0197. The normalized spacial score (nSPS) is 26.8. The van der Waals surface area contributed by atoms with Crippen molar-refractivity contribution >= 4 is 0 Å². The van der Waals surface area contributed by atoms with Crippen LogP contribution in [-0.4, -0.2) is 74.0 Å². The molecule has 0 aliphatic carbocycles. The smallest absolute Gasteiger partial charge is 0.0900 e. The summed E-state index contributed by atoms with van der Waals surface area (Å²) in [7, 11) is 3.80. The molecule has 15 heavy (non-hydrogen) atoms. The van der Waals surface area contributed by atoms with E-state index in [4.69, 9.17) is 4.74 Å². The summed E-state index contributed by atoms with van der Waals surface area (Å²) in [5.41, 5.74) is 0. The Kier molecular flexibility index (Phi) is 5.53. The summed E-state index contributed by atoms with van der Waals surface area (Å²) >= 11 is 0. The molecule has 0 aromatic carbocycles. The standard InChI is InChI=1S/C11H24N2O2/c1-4-10-7-13(6-5-12(10)2)8-11(14)9-15-3/h10-11,14H,4-9H2,1-3H3. The molecule has 0 radical (unpaired) electrons. The first kappa shape index (κ1) is 12.9. The average molecular weight is 216 g/mol. The first-order chi connectivity index (χ1) is 7.17. The quantitative estimate of drug-likeness (QED) is 0.703. The lowest BCUT2D eigenvalue weighted by Gasteiger charge is -2.39. The summed E-state index contributed by atoms with van der Waals surface area (Å²) < 4.78 is 4.93. The second-order valence-electron chi connectivity index (χ2n) is 4.41. The van der Waals surface area contributed by atoms with E-state index in [9.17, 15) is 5.11 Å². The molecule has 2 atom stereocenters. The second-order valence-corrected chi connectivity index (χ2v) is 4.41. The van der Waals surface area contributed by atoms with Gasteiger partial charge in [0.15, 0.2) is 0 Å². The molecule has 2 unspecified atom stereocenters. The van der Waals surface area contributed by atoms with Crippen LogP contribution in [0.2, 0.25) is 0 Å². The molecule has 1 aliphatic rings. The summed E-state index contributed by atoms with van der Waals surface area (Å²) in [6.07, 6.45) is 0.823. The highest BCUT2D eigenvalue weighted by Gasteiger charge is 2.23. The molecule has 1 heterocycles. The van der Waals surface area contributed by atoms with E-state index in [0.717, 1.165) is 26.2 Å². The van der Waals surface area contributed by atoms with Crippen molar-refractivity contribution in [2.45, 2.75) is 25.5 Å². The molecule has 1 rings (SSSR count). The molecule has 0 saturated carbocycles. The Labute approximate surface area is 92.8 Å². The van der Waals surface area contributed by atoms with Crippen LogP contribution in [0, 0.1) is 0 Å². The van der Waals surface area contributed by atoms with Gasteiger partial charge in [-0.15, -0.1) is 0 Å². The third kappa shape index (κ3) is 4.07. The first-order valence-corrected chi connectivity index (χ1v) is 5.77. The third-order valence-corrected chi connectivity index (χ3v) is 3.16. The number of likely N-dealkylation sites (N-methyl/N-ethyl adjacent to an activating group) is 1. The first-order valence-electron chi connectivity index (χ1n) is 5.77. The van der Waals surface area contributed by atoms with E-state index in [0.29, 0.717) is 12.6 Å². The van der Waals surface area contributed by atoms with E-state index in [1.807, 2.05) is 0 Å². The fourth-order valence-electron chi connectivity index (χ4n) is 2.16. The molecule has 0 aromatic rings. The van der Waals surface area contributed by atoms with E-state index < -0.39 is 0 Å². The molecular formula is C11H24N2O2. The van der Waals surface area contributed by atoms with Crippen LogP contribution >= 0.6 is 0 Å². The monoisotopic (exact) mass is 216 g/mol. The lowest BCUT2D eigenvalue weighted by molar-refractivity contribution is 0.0140. The van der Waals surface area contributed by atoms with Gasteiger partial charge in [0.25, 0.3) is 0 Å². The Morgan fingerprint density at radius 2 is 2.20 bits per heavy atom. The maximum Gasteiger partial charge on any atom is 0.0900 e. The van der Waals surface area contributed by atoms with Crippen molar-refractivity contribution in [1.82, 2.24) is 9.80 Å². The van der Waals surface area contributed by atoms with E-state index in [1.165, 1.54) is 6.42 Å². The number of β-amino-alcohol motifs (C(OH)–C–C–N with tert-alkyl or cyclic N) is 1. The molecule has 0 spiro atoms. The van der Waals surface area contributed by atoms with Crippen LogP contribution < -0.4 is 0 Å². The van der Waals surface area contributed by atoms with Gasteiger partial charge in [0, 0.05) is 39.3 Å². The number of nitrogens with zero attached hydrogens (tertiary/aromatic N) is 2. The number of hydrogen-bond donors (Lipinski definition) is 1. The summed E-state index contributed by atoms with van der Waals surface area (Å²) in [5, 5.41) is 9.65. The average Bonchev–Trinajstić information content (AvgIpc) is 2.21. The Morgan fingerprint density at radius 1 is 1.47 bits per heavy atom. The SMILES string of the molecule is CCC1CN(CC(O)COC)CCN1C. The van der Waals surface area contributed by atoms with Crippen LogP contribution in [0.25, 0.3) is 0 Å². The van der Waals surface area contributed by atoms with Crippen molar-refractivity contribution in [3.05, 3.63) is 0 Å². The van der Waals surface area contributed by atoms with E-state index in [2.05, 4.69) is 23.8 Å². The van der Waals surface area contributed by atoms with E-state index >= 15 is 0 Å². The lowest BCUT2D eigenvalue weighted by Crippen LogP contribution is -2.53. The molecule has 4 heteroatoms. The Bertz CT molecular complexity index is 178. The molecule has 0 bridgehead atoms. The predicted molar refractivity (Wildman–Crippen MR) is 61.0 cm³/mol. The highest BCUT2D eigenvalue weighted by Crippen LogP contribution is 2.10. The molecule has 1 N–H and O–H groups in total. The van der Waals surface area contributed by atoms with Crippen molar-refractivity contribution in [3.8, 4) is 0 Å². The lowest BCUT2D eigenvalue weighted by atomic mass is 10.1. The van der Waals surface area contributed by atoms with Gasteiger partial charge in [0.2, 0.25) is 0 Å². The number of rotatable bonds is 5.